The van der Waals surface area contributed by atoms with E-state index < -0.39 is 5.91 Å². The van der Waals surface area contributed by atoms with Crippen LogP contribution in [0.15, 0.2) is 78.0 Å². The number of carbonyl (C=O) groups excluding carboxylic acids is 2. The molecule has 166 valence electrons. The number of aromatic nitrogens is 1. The molecule has 0 aliphatic carbocycles. The first-order valence-electron chi connectivity index (χ1n) is 9.82. The minimum atomic E-state index is -0.477. The summed E-state index contributed by atoms with van der Waals surface area (Å²) in [6.07, 6.45) is 3.26. The van der Waals surface area contributed by atoms with Crippen molar-refractivity contribution in [3.63, 3.8) is 0 Å². The van der Waals surface area contributed by atoms with Gasteiger partial charge in [-0.05, 0) is 48.5 Å². The molecule has 2 amide bonds. The summed E-state index contributed by atoms with van der Waals surface area (Å²) >= 11 is 11.9. The van der Waals surface area contributed by atoms with Crippen LogP contribution < -0.4 is 10.7 Å². The molecule has 1 aromatic heterocycles. The maximum absolute atomic E-state index is 13.1. The van der Waals surface area contributed by atoms with Gasteiger partial charge < -0.3 is 9.88 Å². The Morgan fingerprint density at radius 3 is 2.55 bits per heavy atom. The minimum Gasteiger partial charge on any atom is -0.337 e. The second-order valence-electron chi connectivity index (χ2n) is 7.11. The first-order chi connectivity index (χ1) is 15.9. The summed E-state index contributed by atoms with van der Waals surface area (Å²) in [5, 5.41) is 8.28. The van der Waals surface area contributed by atoms with Crippen molar-refractivity contribution in [3.8, 4) is 0 Å². The van der Waals surface area contributed by atoms with Gasteiger partial charge in [0.2, 0.25) is 5.91 Å². The Labute approximate surface area is 198 Å². The Morgan fingerprint density at radius 1 is 1.03 bits per heavy atom. The van der Waals surface area contributed by atoms with Gasteiger partial charge in [0.15, 0.2) is 0 Å². The van der Waals surface area contributed by atoms with Gasteiger partial charge >= 0.3 is 0 Å². The van der Waals surface area contributed by atoms with E-state index in [-0.39, 0.29) is 28.9 Å². The molecule has 0 spiro atoms. The number of halogens is 3. The highest BCUT2D eigenvalue weighted by Gasteiger charge is 2.12. The molecule has 0 aliphatic heterocycles. The van der Waals surface area contributed by atoms with Crippen LogP contribution in [0.2, 0.25) is 10.0 Å². The summed E-state index contributed by atoms with van der Waals surface area (Å²) in [5.74, 6) is -1.12. The van der Waals surface area contributed by atoms with Gasteiger partial charge in [-0.1, -0.05) is 41.4 Å². The van der Waals surface area contributed by atoms with E-state index in [1.807, 2.05) is 24.3 Å². The van der Waals surface area contributed by atoms with Gasteiger partial charge in [0.25, 0.3) is 5.91 Å². The second kappa shape index (κ2) is 9.85. The van der Waals surface area contributed by atoms with Gasteiger partial charge in [-0.3, -0.25) is 9.59 Å². The average molecular weight is 483 g/mol. The van der Waals surface area contributed by atoms with Crippen molar-refractivity contribution >= 4 is 57.8 Å². The highest BCUT2D eigenvalue weighted by Crippen LogP contribution is 2.22. The molecule has 4 aromatic rings. The van der Waals surface area contributed by atoms with Crippen LogP contribution in [0.4, 0.5) is 10.1 Å². The van der Waals surface area contributed by atoms with Gasteiger partial charge in [-0.2, -0.15) is 5.10 Å². The fourth-order valence-corrected chi connectivity index (χ4v) is 3.79. The Hall–Kier alpha value is -3.68. The maximum atomic E-state index is 13.1. The van der Waals surface area contributed by atoms with Gasteiger partial charge in [0.05, 0.1) is 16.8 Å². The van der Waals surface area contributed by atoms with E-state index in [1.54, 1.807) is 16.8 Å². The van der Waals surface area contributed by atoms with Crippen LogP contribution in [0.3, 0.4) is 0 Å². The average Bonchev–Trinajstić information content (AvgIpc) is 3.12. The van der Waals surface area contributed by atoms with Crippen LogP contribution in [-0.2, 0) is 11.3 Å². The molecule has 6 nitrogen and oxygen atoms in total. The highest BCUT2D eigenvalue weighted by atomic mass is 35.5. The number of hydrogen-bond donors (Lipinski definition) is 2. The summed E-state index contributed by atoms with van der Waals surface area (Å²) in [4.78, 5) is 24.8. The smallest absolute Gasteiger partial charge is 0.272 e. The molecule has 0 unspecified atom stereocenters. The number of nitrogens with one attached hydrogen (secondary N) is 2. The predicted octanol–water partition coefficient (Wildman–Crippen LogP) is 5.49. The zero-order chi connectivity index (χ0) is 23.4. The fourth-order valence-electron chi connectivity index (χ4n) is 3.29. The molecule has 2 N–H and O–H groups in total. The van der Waals surface area contributed by atoms with Crippen LogP contribution in [0.1, 0.15) is 15.9 Å². The van der Waals surface area contributed by atoms with Crippen LogP contribution in [0, 0.1) is 5.82 Å². The molecule has 4 rings (SSSR count). The summed E-state index contributed by atoms with van der Waals surface area (Å²) < 4.78 is 14.8. The van der Waals surface area contributed by atoms with E-state index >= 15 is 0 Å². The number of para-hydroxylation sites is 1. The first-order valence-corrected chi connectivity index (χ1v) is 10.6. The van der Waals surface area contributed by atoms with Crippen LogP contribution >= 0.6 is 23.2 Å². The number of benzene rings is 3. The lowest BCUT2D eigenvalue weighted by Gasteiger charge is -2.07. The van der Waals surface area contributed by atoms with Crippen molar-refractivity contribution in [2.75, 3.05) is 5.32 Å². The van der Waals surface area contributed by atoms with E-state index in [0.717, 1.165) is 10.9 Å². The predicted molar refractivity (Wildman–Crippen MR) is 128 cm³/mol. The number of nitrogens with zero attached hydrogens (tertiary/aromatic N) is 2. The van der Waals surface area contributed by atoms with Crippen molar-refractivity contribution in [3.05, 3.63) is 99.9 Å². The van der Waals surface area contributed by atoms with Crippen LogP contribution in [0.5, 0.6) is 0 Å². The molecule has 0 aliphatic rings. The molecule has 0 saturated carbocycles. The third-order valence-corrected chi connectivity index (χ3v) is 5.35. The zero-order valence-electron chi connectivity index (χ0n) is 17.1. The van der Waals surface area contributed by atoms with E-state index in [9.17, 15) is 14.0 Å². The number of fused-ring (bicyclic) bond motifs is 1. The SMILES string of the molecule is O=C(Cn1cc(C=NNC(=O)c2ccc(Cl)cc2Cl)c2ccccc21)Nc1ccc(F)cc1. The first kappa shape index (κ1) is 22.5. The van der Waals surface area contributed by atoms with Crippen molar-refractivity contribution in [2.24, 2.45) is 5.10 Å². The van der Waals surface area contributed by atoms with Crippen LogP contribution in [-0.4, -0.2) is 22.6 Å². The number of carbonyl (C=O) groups is 2. The van der Waals surface area contributed by atoms with E-state index in [2.05, 4.69) is 15.8 Å². The Kier molecular flexibility index (Phi) is 6.72. The molecule has 0 atom stereocenters. The van der Waals surface area contributed by atoms with Gasteiger partial charge in [0, 0.05) is 33.4 Å². The highest BCUT2D eigenvalue weighted by molar-refractivity contribution is 6.36. The summed E-state index contributed by atoms with van der Waals surface area (Å²) in [6.45, 7) is 0.0402. The monoisotopic (exact) mass is 482 g/mol. The molecule has 33 heavy (non-hydrogen) atoms. The summed E-state index contributed by atoms with van der Waals surface area (Å²) in [5.41, 5.74) is 4.73. The molecular weight excluding hydrogens is 466 g/mol. The molecule has 3 aromatic carbocycles. The number of anilines is 1. The summed E-state index contributed by atoms with van der Waals surface area (Å²) in [6, 6.07) is 17.6. The van der Waals surface area contributed by atoms with Crippen molar-refractivity contribution in [1.82, 2.24) is 9.99 Å². The quantitative estimate of drug-likeness (QED) is 0.281. The normalized spacial score (nSPS) is 11.1. The number of hydrazone groups is 1. The Morgan fingerprint density at radius 2 is 1.79 bits per heavy atom. The van der Waals surface area contributed by atoms with Gasteiger partial charge in [0.1, 0.15) is 12.4 Å². The molecule has 0 bridgehead atoms. The lowest BCUT2D eigenvalue weighted by atomic mass is 10.2. The molecule has 0 fully saturated rings. The van der Waals surface area contributed by atoms with Crippen LogP contribution in [0.25, 0.3) is 10.9 Å². The molecule has 0 radical (unpaired) electrons. The van der Waals surface area contributed by atoms with Gasteiger partial charge in [-0.25, -0.2) is 9.82 Å². The van der Waals surface area contributed by atoms with E-state index in [0.29, 0.717) is 16.3 Å². The fraction of sp³-hybridized carbons (Fsp3) is 0.0417. The van der Waals surface area contributed by atoms with Crippen molar-refractivity contribution in [1.29, 1.82) is 0 Å². The molecule has 1 heterocycles. The maximum Gasteiger partial charge on any atom is 0.272 e. The number of hydrogen-bond acceptors (Lipinski definition) is 3. The largest absolute Gasteiger partial charge is 0.337 e. The third-order valence-electron chi connectivity index (χ3n) is 4.81. The molecule has 0 saturated heterocycles. The minimum absolute atomic E-state index is 0.0402. The topological polar surface area (TPSA) is 75.5 Å². The van der Waals surface area contributed by atoms with E-state index in [1.165, 1.54) is 42.6 Å². The van der Waals surface area contributed by atoms with Crippen molar-refractivity contribution < 1.29 is 14.0 Å². The zero-order valence-corrected chi connectivity index (χ0v) is 18.6. The molecular formula is C24H17Cl2FN4O2. The van der Waals surface area contributed by atoms with Crippen molar-refractivity contribution in [2.45, 2.75) is 6.54 Å². The number of rotatable bonds is 6. The Balaban J connectivity index is 1.50. The Bertz CT molecular complexity index is 1370. The summed E-state index contributed by atoms with van der Waals surface area (Å²) in [7, 11) is 0. The van der Waals surface area contributed by atoms with Gasteiger partial charge in [-0.15, -0.1) is 0 Å². The lowest BCUT2D eigenvalue weighted by molar-refractivity contribution is -0.116. The third kappa shape index (κ3) is 5.39. The second-order valence-corrected chi connectivity index (χ2v) is 7.95. The standard InChI is InChI=1S/C24H17Cl2FN4O2/c25-16-5-10-20(21(26)11-16)24(33)30-28-12-15-13-31(22-4-2-1-3-19(15)22)14-23(32)29-18-8-6-17(27)7-9-18/h1-13H,14H2,(H,29,32)(H,30,33). The molecule has 9 heteroatoms. The van der Waals surface area contributed by atoms with E-state index in [4.69, 9.17) is 23.2 Å². The lowest BCUT2D eigenvalue weighted by Crippen LogP contribution is -2.18. The number of amides is 2.